The first-order valence-corrected chi connectivity index (χ1v) is 6.75. The van der Waals surface area contributed by atoms with Gasteiger partial charge in [0, 0.05) is 23.9 Å². The third kappa shape index (κ3) is 2.73. The van der Waals surface area contributed by atoms with E-state index in [1.807, 2.05) is 13.8 Å². The Labute approximate surface area is 113 Å². The lowest BCUT2D eigenvalue weighted by atomic mass is 9.80. The molecule has 19 heavy (non-hydrogen) atoms. The molecular formula is C15H21NO3. The molecule has 4 nitrogen and oxygen atoms in total. The fourth-order valence-corrected chi connectivity index (χ4v) is 2.05. The molecule has 0 fully saturated rings. The Kier molecular flexibility index (Phi) is 4.10. The van der Waals surface area contributed by atoms with E-state index < -0.39 is 5.41 Å². The summed E-state index contributed by atoms with van der Waals surface area (Å²) in [6.07, 6.45) is 1.57. The fourth-order valence-electron chi connectivity index (χ4n) is 2.05. The molecule has 0 aliphatic carbocycles. The highest BCUT2D eigenvalue weighted by Crippen LogP contribution is 2.33. The van der Waals surface area contributed by atoms with Gasteiger partial charge in [0.15, 0.2) is 17.3 Å². The Morgan fingerprint density at radius 1 is 1.32 bits per heavy atom. The summed E-state index contributed by atoms with van der Waals surface area (Å²) in [6.45, 7) is 5.49. The Hall–Kier alpha value is -1.55. The molecule has 0 amide bonds. The average Bonchev–Trinajstić information content (AvgIpc) is 2.70. The molecule has 1 aliphatic rings. The zero-order valence-electron chi connectivity index (χ0n) is 11.6. The number of rotatable bonds is 4. The van der Waals surface area contributed by atoms with Gasteiger partial charge >= 0.3 is 0 Å². The molecule has 104 valence electrons. The van der Waals surface area contributed by atoms with Crippen molar-refractivity contribution in [2.75, 3.05) is 19.8 Å². The van der Waals surface area contributed by atoms with Gasteiger partial charge in [-0.25, -0.2) is 0 Å². The Balaban J connectivity index is 2.31. The number of Topliss-reactive ketones (excluding diaryl/α,β-unsaturated/α-hetero) is 1. The van der Waals surface area contributed by atoms with Crippen LogP contribution in [0.4, 0.5) is 0 Å². The molecule has 1 atom stereocenters. The van der Waals surface area contributed by atoms with E-state index in [0.717, 1.165) is 12.8 Å². The molecule has 2 rings (SSSR count). The van der Waals surface area contributed by atoms with Crippen molar-refractivity contribution in [2.45, 2.75) is 26.7 Å². The normalized spacial score (nSPS) is 17.4. The summed E-state index contributed by atoms with van der Waals surface area (Å²) < 4.78 is 11.2. The van der Waals surface area contributed by atoms with Crippen LogP contribution in [0.3, 0.4) is 0 Å². The van der Waals surface area contributed by atoms with Crippen LogP contribution in [0.25, 0.3) is 0 Å². The lowest BCUT2D eigenvalue weighted by molar-refractivity contribution is 0.0819. The number of hydrogen-bond donors (Lipinski definition) is 1. The summed E-state index contributed by atoms with van der Waals surface area (Å²) in [5.41, 5.74) is 5.87. The van der Waals surface area contributed by atoms with Crippen LogP contribution in [0.1, 0.15) is 37.0 Å². The van der Waals surface area contributed by atoms with Gasteiger partial charge in [-0.15, -0.1) is 0 Å². The molecule has 1 aliphatic heterocycles. The van der Waals surface area contributed by atoms with E-state index in [1.54, 1.807) is 18.2 Å². The summed E-state index contributed by atoms with van der Waals surface area (Å²) in [7, 11) is 0. The van der Waals surface area contributed by atoms with Crippen molar-refractivity contribution >= 4 is 5.78 Å². The van der Waals surface area contributed by atoms with Crippen LogP contribution < -0.4 is 15.2 Å². The molecular weight excluding hydrogens is 242 g/mol. The average molecular weight is 263 g/mol. The van der Waals surface area contributed by atoms with Crippen molar-refractivity contribution in [3.63, 3.8) is 0 Å². The SMILES string of the molecule is CCC(C)(CN)C(=O)c1ccc2c(c1)OCCCO2. The van der Waals surface area contributed by atoms with Gasteiger partial charge in [0.25, 0.3) is 0 Å². The van der Waals surface area contributed by atoms with Gasteiger partial charge in [0.2, 0.25) is 0 Å². The number of ketones is 1. The molecule has 1 aromatic rings. The number of fused-ring (bicyclic) bond motifs is 1. The van der Waals surface area contributed by atoms with Crippen LogP contribution >= 0.6 is 0 Å². The maximum absolute atomic E-state index is 12.5. The van der Waals surface area contributed by atoms with Crippen LogP contribution in [0.5, 0.6) is 11.5 Å². The molecule has 0 bridgehead atoms. The van der Waals surface area contributed by atoms with E-state index in [4.69, 9.17) is 15.2 Å². The predicted molar refractivity (Wildman–Crippen MR) is 73.8 cm³/mol. The van der Waals surface area contributed by atoms with E-state index >= 15 is 0 Å². The van der Waals surface area contributed by atoms with E-state index in [-0.39, 0.29) is 5.78 Å². The van der Waals surface area contributed by atoms with Gasteiger partial charge < -0.3 is 15.2 Å². The lowest BCUT2D eigenvalue weighted by Crippen LogP contribution is -2.35. The molecule has 0 radical (unpaired) electrons. The first-order chi connectivity index (χ1) is 9.10. The Morgan fingerprint density at radius 3 is 2.63 bits per heavy atom. The molecule has 0 saturated carbocycles. The van der Waals surface area contributed by atoms with Crippen molar-refractivity contribution in [2.24, 2.45) is 11.1 Å². The highest BCUT2D eigenvalue weighted by atomic mass is 16.5. The zero-order chi connectivity index (χ0) is 13.9. The minimum absolute atomic E-state index is 0.0631. The predicted octanol–water partition coefficient (Wildman–Crippen LogP) is 2.41. The summed E-state index contributed by atoms with van der Waals surface area (Å²) in [5.74, 6) is 1.42. The van der Waals surface area contributed by atoms with E-state index in [2.05, 4.69) is 0 Å². The zero-order valence-corrected chi connectivity index (χ0v) is 11.6. The summed E-state index contributed by atoms with van der Waals surface area (Å²) in [6, 6.07) is 5.37. The molecule has 0 aromatic heterocycles. The van der Waals surface area contributed by atoms with Crippen LogP contribution in [0.2, 0.25) is 0 Å². The second kappa shape index (κ2) is 5.61. The molecule has 2 N–H and O–H groups in total. The summed E-state index contributed by atoms with van der Waals surface area (Å²) in [5, 5.41) is 0. The second-order valence-corrected chi connectivity index (χ2v) is 5.16. The van der Waals surface area contributed by atoms with E-state index in [0.29, 0.717) is 36.8 Å². The minimum atomic E-state index is -0.514. The number of hydrogen-bond acceptors (Lipinski definition) is 4. The molecule has 0 spiro atoms. The van der Waals surface area contributed by atoms with Crippen molar-refractivity contribution in [3.8, 4) is 11.5 Å². The first-order valence-electron chi connectivity index (χ1n) is 6.75. The molecule has 1 unspecified atom stereocenters. The summed E-state index contributed by atoms with van der Waals surface area (Å²) >= 11 is 0. The monoisotopic (exact) mass is 263 g/mol. The standard InChI is InChI=1S/C15H21NO3/c1-3-15(2,10-16)14(17)11-5-6-12-13(9-11)19-8-4-7-18-12/h5-6,9H,3-4,7-8,10,16H2,1-2H3. The Morgan fingerprint density at radius 2 is 2.00 bits per heavy atom. The van der Waals surface area contributed by atoms with Gasteiger partial charge in [-0.1, -0.05) is 13.8 Å². The molecule has 4 heteroatoms. The Bertz CT molecular complexity index is 466. The van der Waals surface area contributed by atoms with Crippen molar-refractivity contribution < 1.29 is 14.3 Å². The third-order valence-corrected chi connectivity index (χ3v) is 3.79. The molecule has 1 heterocycles. The third-order valence-electron chi connectivity index (χ3n) is 3.79. The smallest absolute Gasteiger partial charge is 0.170 e. The maximum atomic E-state index is 12.5. The summed E-state index contributed by atoms with van der Waals surface area (Å²) in [4.78, 5) is 12.5. The van der Waals surface area contributed by atoms with E-state index in [1.165, 1.54) is 0 Å². The van der Waals surface area contributed by atoms with Gasteiger partial charge in [-0.05, 0) is 24.6 Å². The van der Waals surface area contributed by atoms with Crippen molar-refractivity contribution in [1.82, 2.24) is 0 Å². The van der Waals surface area contributed by atoms with Crippen molar-refractivity contribution in [3.05, 3.63) is 23.8 Å². The highest BCUT2D eigenvalue weighted by molar-refractivity contribution is 6.01. The minimum Gasteiger partial charge on any atom is -0.490 e. The fraction of sp³-hybridized carbons (Fsp3) is 0.533. The van der Waals surface area contributed by atoms with Gasteiger partial charge in [0.1, 0.15) is 0 Å². The largest absolute Gasteiger partial charge is 0.490 e. The second-order valence-electron chi connectivity index (χ2n) is 5.16. The van der Waals surface area contributed by atoms with Crippen LogP contribution in [-0.2, 0) is 0 Å². The quantitative estimate of drug-likeness (QED) is 0.847. The van der Waals surface area contributed by atoms with Gasteiger partial charge in [-0.3, -0.25) is 4.79 Å². The molecule has 1 aromatic carbocycles. The number of benzene rings is 1. The van der Waals surface area contributed by atoms with E-state index in [9.17, 15) is 4.79 Å². The lowest BCUT2D eigenvalue weighted by Gasteiger charge is -2.24. The number of ether oxygens (including phenoxy) is 2. The topological polar surface area (TPSA) is 61.6 Å². The number of carbonyl (C=O) groups excluding carboxylic acids is 1. The number of carbonyl (C=O) groups is 1. The highest BCUT2D eigenvalue weighted by Gasteiger charge is 2.31. The van der Waals surface area contributed by atoms with Crippen molar-refractivity contribution in [1.29, 1.82) is 0 Å². The molecule has 0 saturated heterocycles. The van der Waals surface area contributed by atoms with Crippen LogP contribution in [0, 0.1) is 5.41 Å². The van der Waals surface area contributed by atoms with Crippen LogP contribution in [-0.4, -0.2) is 25.5 Å². The van der Waals surface area contributed by atoms with Gasteiger partial charge in [-0.2, -0.15) is 0 Å². The maximum Gasteiger partial charge on any atom is 0.170 e. The van der Waals surface area contributed by atoms with Gasteiger partial charge in [0.05, 0.1) is 13.2 Å². The van der Waals surface area contributed by atoms with Crippen LogP contribution in [0.15, 0.2) is 18.2 Å². The first kappa shape index (κ1) is 13.9. The number of nitrogens with two attached hydrogens (primary N) is 1.